The number of fused-ring (bicyclic) bond motifs is 1. The minimum absolute atomic E-state index is 0.174. The second kappa shape index (κ2) is 4.29. The molecule has 3 aromatic rings. The van der Waals surface area contributed by atoms with Crippen molar-refractivity contribution in [3.05, 3.63) is 35.5 Å². The van der Waals surface area contributed by atoms with Crippen LogP contribution in [0, 0.1) is 18.6 Å². The van der Waals surface area contributed by atoms with Crippen LogP contribution in [0.25, 0.3) is 16.9 Å². The maximum absolute atomic E-state index is 13.4. The lowest BCUT2D eigenvalue weighted by Crippen LogP contribution is -2.07. The van der Waals surface area contributed by atoms with E-state index in [2.05, 4.69) is 10.1 Å². The van der Waals surface area contributed by atoms with Crippen LogP contribution in [0.3, 0.4) is 0 Å². The normalized spacial score (nSPS) is 11.4. The molecule has 1 aromatic carbocycles. The van der Waals surface area contributed by atoms with E-state index in [1.165, 1.54) is 16.7 Å². The zero-order chi connectivity index (χ0) is 14.4. The van der Waals surface area contributed by atoms with Crippen molar-refractivity contribution in [2.75, 3.05) is 5.73 Å². The first-order chi connectivity index (χ1) is 9.51. The molecule has 0 radical (unpaired) electrons. The smallest absolute Gasteiger partial charge is 0.207 e. The standard InChI is InChI=1S/C13H13F2N5/c1-3-19-12-11(7(2)18-19)17-13(16)20(12)10-5-8(14)4-9(15)6-10/h4-6H,3H2,1-2H3,(H2,16,17). The van der Waals surface area contributed by atoms with E-state index < -0.39 is 11.6 Å². The summed E-state index contributed by atoms with van der Waals surface area (Å²) in [4.78, 5) is 4.23. The van der Waals surface area contributed by atoms with E-state index in [1.807, 2.05) is 13.8 Å². The zero-order valence-electron chi connectivity index (χ0n) is 11.1. The van der Waals surface area contributed by atoms with Crippen molar-refractivity contribution in [2.24, 2.45) is 0 Å². The predicted molar refractivity (Wildman–Crippen MR) is 71.6 cm³/mol. The summed E-state index contributed by atoms with van der Waals surface area (Å²) in [7, 11) is 0. The van der Waals surface area contributed by atoms with Gasteiger partial charge in [0.15, 0.2) is 5.65 Å². The Morgan fingerprint density at radius 2 is 1.85 bits per heavy atom. The summed E-state index contributed by atoms with van der Waals surface area (Å²) in [6, 6.07) is 3.24. The minimum atomic E-state index is -0.666. The number of benzene rings is 1. The molecule has 0 aliphatic rings. The van der Waals surface area contributed by atoms with Crippen LogP contribution in [0.15, 0.2) is 18.2 Å². The lowest BCUT2D eigenvalue weighted by atomic mass is 10.3. The second-order valence-electron chi connectivity index (χ2n) is 4.51. The fourth-order valence-electron chi connectivity index (χ4n) is 2.33. The number of hydrogen-bond acceptors (Lipinski definition) is 3. The summed E-state index contributed by atoms with van der Waals surface area (Å²) in [6.07, 6.45) is 0. The van der Waals surface area contributed by atoms with E-state index in [9.17, 15) is 8.78 Å². The number of halogens is 2. The molecular formula is C13H13F2N5. The molecule has 2 heterocycles. The van der Waals surface area contributed by atoms with Gasteiger partial charge in [-0.15, -0.1) is 0 Å². The molecule has 0 unspecified atom stereocenters. The van der Waals surface area contributed by atoms with Crippen LogP contribution in [-0.4, -0.2) is 19.3 Å². The van der Waals surface area contributed by atoms with Gasteiger partial charge in [-0.1, -0.05) is 0 Å². The van der Waals surface area contributed by atoms with E-state index in [1.54, 1.807) is 4.68 Å². The van der Waals surface area contributed by atoms with Crippen molar-refractivity contribution in [3.63, 3.8) is 0 Å². The molecule has 0 bridgehead atoms. The summed E-state index contributed by atoms with van der Waals surface area (Å²) in [6.45, 7) is 4.34. The van der Waals surface area contributed by atoms with Gasteiger partial charge in [0.25, 0.3) is 0 Å². The summed E-state index contributed by atoms with van der Waals surface area (Å²) >= 11 is 0. The van der Waals surface area contributed by atoms with Gasteiger partial charge in [-0.3, -0.25) is 4.57 Å². The van der Waals surface area contributed by atoms with Crippen molar-refractivity contribution in [1.29, 1.82) is 0 Å². The molecule has 0 aliphatic carbocycles. The van der Waals surface area contributed by atoms with Crippen molar-refractivity contribution in [1.82, 2.24) is 19.3 Å². The van der Waals surface area contributed by atoms with Gasteiger partial charge in [-0.2, -0.15) is 5.10 Å². The molecule has 0 amide bonds. The number of hydrogen-bond donors (Lipinski definition) is 1. The molecule has 0 aliphatic heterocycles. The lowest BCUT2D eigenvalue weighted by molar-refractivity contribution is 0.581. The van der Waals surface area contributed by atoms with Crippen molar-refractivity contribution in [3.8, 4) is 5.69 Å². The molecular weight excluding hydrogens is 264 g/mol. The van der Waals surface area contributed by atoms with Crippen LogP contribution in [0.4, 0.5) is 14.7 Å². The molecule has 3 rings (SSSR count). The van der Waals surface area contributed by atoms with Gasteiger partial charge in [0.2, 0.25) is 5.95 Å². The van der Waals surface area contributed by atoms with E-state index in [-0.39, 0.29) is 11.6 Å². The van der Waals surface area contributed by atoms with Gasteiger partial charge in [0.1, 0.15) is 17.2 Å². The van der Waals surface area contributed by atoms with Gasteiger partial charge in [0, 0.05) is 12.6 Å². The van der Waals surface area contributed by atoms with E-state index in [4.69, 9.17) is 5.73 Å². The Kier molecular flexibility index (Phi) is 2.70. The fraction of sp³-hybridized carbons (Fsp3) is 0.231. The predicted octanol–water partition coefficient (Wildman–Crippen LogP) is 2.41. The zero-order valence-corrected chi connectivity index (χ0v) is 11.1. The third-order valence-electron chi connectivity index (χ3n) is 3.14. The van der Waals surface area contributed by atoms with Gasteiger partial charge in [-0.25, -0.2) is 18.4 Å². The van der Waals surface area contributed by atoms with Crippen molar-refractivity contribution < 1.29 is 8.78 Å². The highest BCUT2D eigenvalue weighted by molar-refractivity contribution is 5.80. The molecule has 7 heteroatoms. The first-order valence-electron chi connectivity index (χ1n) is 6.19. The van der Waals surface area contributed by atoms with Crippen LogP contribution < -0.4 is 5.73 Å². The Labute approximate surface area is 113 Å². The molecule has 2 aromatic heterocycles. The lowest BCUT2D eigenvalue weighted by Gasteiger charge is -2.08. The molecule has 20 heavy (non-hydrogen) atoms. The highest BCUT2D eigenvalue weighted by Crippen LogP contribution is 2.26. The van der Waals surface area contributed by atoms with Crippen LogP contribution in [-0.2, 0) is 6.54 Å². The summed E-state index contributed by atoms with van der Waals surface area (Å²) in [5, 5.41) is 4.33. The summed E-state index contributed by atoms with van der Waals surface area (Å²) < 4.78 is 30.0. The number of nitrogen functional groups attached to an aromatic ring is 1. The largest absolute Gasteiger partial charge is 0.369 e. The topological polar surface area (TPSA) is 61.7 Å². The maximum Gasteiger partial charge on any atom is 0.207 e. The average Bonchev–Trinajstić information content (AvgIpc) is 2.85. The van der Waals surface area contributed by atoms with Gasteiger partial charge >= 0.3 is 0 Å². The molecule has 0 atom stereocenters. The van der Waals surface area contributed by atoms with E-state index in [0.29, 0.717) is 17.7 Å². The molecule has 0 fully saturated rings. The average molecular weight is 277 g/mol. The highest BCUT2D eigenvalue weighted by Gasteiger charge is 2.18. The Balaban J connectivity index is 2.37. The number of aryl methyl sites for hydroxylation is 2. The van der Waals surface area contributed by atoms with Crippen LogP contribution in [0.5, 0.6) is 0 Å². The first kappa shape index (κ1) is 12.6. The number of anilines is 1. The summed E-state index contributed by atoms with van der Waals surface area (Å²) in [5.74, 6) is -1.16. The van der Waals surface area contributed by atoms with Gasteiger partial charge in [-0.05, 0) is 26.0 Å². The number of nitrogens with zero attached hydrogens (tertiary/aromatic N) is 4. The molecule has 0 saturated heterocycles. The monoisotopic (exact) mass is 277 g/mol. The second-order valence-corrected chi connectivity index (χ2v) is 4.51. The van der Waals surface area contributed by atoms with E-state index >= 15 is 0 Å². The van der Waals surface area contributed by atoms with Crippen molar-refractivity contribution >= 4 is 17.1 Å². The SMILES string of the molecule is CCn1nc(C)c2nc(N)n(-c3cc(F)cc(F)c3)c21. The van der Waals surface area contributed by atoms with E-state index in [0.717, 1.165) is 11.8 Å². The Bertz CT molecular complexity index is 783. The van der Waals surface area contributed by atoms with Crippen LogP contribution in [0.2, 0.25) is 0 Å². The summed E-state index contributed by atoms with van der Waals surface area (Å²) in [5.41, 5.74) is 8.17. The molecule has 0 saturated carbocycles. The molecule has 5 nitrogen and oxygen atoms in total. The molecule has 0 spiro atoms. The third-order valence-corrected chi connectivity index (χ3v) is 3.14. The number of aromatic nitrogens is 4. The number of imidazole rings is 1. The highest BCUT2D eigenvalue weighted by atomic mass is 19.1. The van der Waals surface area contributed by atoms with Crippen LogP contribution >= 0.6 is 0 Å². The Morgan fingerprint density at radius 3 is 2.45 bits per heavy atom. The fourth-order valence-corrected chi connectivity index (χ4v) is 2.33. The Morgan fingerprint density at radius 1 is 1.20 bits per heavy atom. The molecule has 104 valence electrons. The quantitative estimate of drug-likeness (QED) is 0.782. The first-order valence-corrected chi connectivity index (χ1v) is 6.19. The number of nitrogens with two attached hydrogens (primary N) is 1. The molecule has 2 N–H and O–H groups in total. The van der Waals surface area contributed by atoms with Crippen LogP contribution in [0.1, 0.15) is 12.6 Å². The van der Waals surface area contributed by atoms with Gasteiger partial charge in [0.05, 0.1) is 11.4 Å². The minimum Gasteiger partial charge on any atom is -0.369 e. The van der Waals surface area contributed by atoms with Gasteiger partial charge < -0.3 is 5.73 Å². The third kappa shape index (κ3) is 1.74. The Hall–Kier alpha value is -2.44. The van der Waals surface area contributed by atoms with Crippen molar-refractivity contribution in [2.45, 2.75) is 20.4 Å². The number of rotatable bonds is 2. The maximum atomic E-state index is 13.4.